The molecule has 1 aromatic rings. The highest BCUT2D eigenvalue weighted by Gasteiger charge is 2.29. The van der Waals surface area contributed by atoms with E-state index in [1.54, 1.807) is 19.2 Å². The smallest absolute Gasteiger partial charge is 0.422 e. The van der Waals surface area contributed by atoms with Gasteiger partial charge < -0.3 is 15.4 Å². The van der Waals surface area contributed by atoms with Crippen LogP contribution in [-0.2, 0) is 4.79 Å². The lowest BCUT2D eigenvalue weighted by Gasteiger charge is -2.35. The summed E-state index contributed by atoms with van der Waals surface area (Å²) in [4.78, 5) is 19.5. The normalized spacial score (nSPS) is 20.4. The largest absolute Gasteiger partial charge is 0.468 e. The van der Waals surface area contributed by atoms with Crippen LogP contribution in [-0.4, -0.2) is 35.6 Å². The first-order chi connectivity index (χ1) is 12.6. The highest BCUT2D eigenvalue weighted by atomic mass is 19.4. The molecule has 0 bridgehead atoms. The minimum atomic E-state index is -4.43. The van der Waals surface area contributed by atoms with Crippen molar-refractivity contribution in [3.8, 4) is 5.88 Å². The molecule has 0 spiro atoms. The molecule has 2 unspecified atom stereocenters. The van der Waals surface area contributed by atoms with Crippen molar-refractivity contribution in [2.24, 2.45) is 4.99 Å². The average molecular weight is 385 g/mol. The number of amides is 1. The van der Waals surface area contributed by atoms with Crippen LogP contribution in [0.3, 0.4) is 0 Å². The van der Waals surface area contributed by atoms with E-state index in [-0.39, 0.29) is 17.8 Å². The van der Waals surface area contributed by atoms with Crippen LogP contribution in [0.2, 0.25) is 0 Å². The lowest BCUT2D eigenvalue weighted by atomic mass is 10.1. The number of aromatic nitrogens is 1. The summed E-state index contributed by atoms with van der Waals surface area (Å²) in [5.74, 6) is 0.196. The van der Waals surface area contributed by atoms with Gasteiger partial charge in [0.05, 0.1) is 6.20 Å². The molecular weight excluding hydrogens is 363 g/mol. The monoisotopic (exact) mass is 385 g/mol. The predicted molar refractivity (Wildman–Crippen MR) is 93.9 cm³/mol. The fourth-order valence-electron chi connectivity index (χ4n) is 2.44. The summed E-state index contributed by atoms with van der Waals surface area (Å²) in [6.45, 7) is 4.00. The number of nitrogens with zero attached hydrogens (tertiary/aromatic N) is 2. The highest BCUT2D eigenvalue weighted by Crippen LogP contribution is 2.21. The number of rotatable bonds is 7. The van der Waals surface area contributed by atoms with E-state index in [4.69, 9.17) is 0 Å². The third-order valence-corrected chi connectivity index (χ3v) is 3.68. The van der Waals surface area contributed by atoms with Crippen molar-refractivity contribution in [1.29, 1.82) is 0 Å². The number of carbonyl (C=O) groups is 1. The summed E-state index contributed by atoms with van der Waals surface area (Å²) in [5, 5.41) is 9.10. The molecule has 0 radical (unpaired) electrons. The molecule has 148 valence electrons. The van der Waals surface area contributed by atoms with E-state index in [1.165, 1.54) is 18.5 Å². The minimum absolute atomic E-state index is 0.107. The number of ether oxygens (including phenoxy) is 1. The number of pyridine rings is 1. The molecule has 0 fully saturated rings. The molecule has 0 saturated heterocycles. The molecule has 2 rings (SSSR count). The minimum Gasteiger partial charge on any atom is -0.468 e. The molecule has 2 heterocycles. The van der Waals surface area contributed by atoms with Gasteiger partial charge in [0, 0.05) is 30.9 Å². The number of nitrogens with one attached hydrogen (secondary N) is 3. The maximum absolute atomic E-state index is 12.3. The maximum Gasteiger partial charge on any atom is 0.422 e. The van der Waals surface area contributed by atoms with Gasteiger partial charge in [0.2, 0.25) is 11.8 Å². The van der Waals surface area contributed by atoms with E-state index in [9.17, 15) is 18.0 Å². The number of hydrogen-bond donors (Lipinski definition) is 3. The third kappa shape index (κ3) is 6.55. The van der Waals surface area contributed by atoms with Crippen LogP contribution in [0.25, 0.3) is 0 Å². The molecule has 1 aliphatic rings. The first-order valence-electron chi connectivity index (χ1n) is 8.36. The number of carbonyl (C=O) groups excluding carboxylic acids is 1. The predicted octanol–water partition coefficient (Wildman–Crippen LogP) is 2.39. The second kappa shape index (κ2) is 8.38. The molecule has 1 aromatic heterocycles. The fourth-order valence-corrected chi connectivity index (χ4v) is 2.44. The maximum atomic E-state index is 12.3. The lowest BCUT2D eigenvalue weighted by Crippen LogP contribution is -2.59. The second-order valence-corrected chi connectivity index (χ2v) is 6.25. The van der Waals surface area contributed by atoms with E-state index in [0.717, 1.165) is 0 Å². The van der Waals surface area contributed by atoms with Crippen molar-refractivity contribution in [3.63, 3.8) is 0 Å². The molecule has 0 saturated carbocycles. The Morgan fingerprint density at radius 1 is 1.44 bits per heavy atom. The summed E-state index contributed by atoms with van der Waals surface area (Å²) in [5.41, 5.74) is -0.0897. The van der Waals surface area contributed by atoms with Crippen molar-refractivity contribution in [2.45, 2.75) is 45.1 Å². The number of hydrogen-bond acceptors (Lipinski definition) is 6. The van der Waals surface area contributed by atoms with Crippen LogP contribution in [0, 0.1) is 0 Å². The van der Waals surface area contributed by atoms with Crippen LogP contribution >= 0.6 is 0 Å². The fraction of sp³-hybridized carbons (Fsp3) is 0.471. The summed E-state index contributed by atoms with van der Waals surface area (Å²) >= 11 is 0. The van der Waals surface area contributed by atoms with Gasteiger partial charge in [0.15, 0.2) is 6.61 Å². The van der Waals surface area contributed by atoms with Crippen molar-refractivity contribution in [1.82, 2.24) is 20.9 Å². The van der Waals surface area contributed by atoms with E-state index >= 15 is 0 Å². The Hall–Kier alpha value is -2.62. The summed E-state index contributed by atoms with van der Waals surface area (Å²) in [7, 11) is 0. The van der Waals surface area contributed by atoms with Crippen molar-refractivity contribution < 1.29 is 22.7 Å². The summed E-state index contributed by atoms with van der Waals surface area (Å²) < 4.78 is 41.6. The van der Waals surface area contributed by atoms with Gasteiger partial charge in [0.25, 0.3) is 0 Å². The Balaban J connectivity index is 2.02. The van der Waals surface area contributed by atoms with Crippen LogP contribution in [0.15, 0.2) is 35.3 Å². The van der Waals surface area contributed by atoms with Crippen LogP contribution in [0.4, 0.5) is 13.2 Å². The first-order valence-corrected chi connectivity index (χ1v) is 8.36. The topological polar surface area (TPSA) is 87.6 Å². The van der Waals surface area contributed by atoms with Crippen molar-refractivity contribution >= 4 is 12.1 Å². The van der Waals surface area contributed by atoms with Gasteiger partial charge in [-0.25, -0.2) is 4.98 Å². The SMILES string of the molecule is CCC(=O)NC1=CN=CC(C)(NC(C)c2ccnc(OCC(F)(F)F)c2)N1. The van der Waals surface area contributed by atoms with Gasteiger partial charge >= 0.3 is 6.18 Å². The molecule has 10 heteroatoms. The summed E-state index contributed by atoms with van der Waals surface area (Å²) in [6.07, 6.45) is 0.422. The Labute approximate surface area is 155 Å². The molecule has 3 N–H and O–H groups in total. The van der Waals surface area contributed by atoms with Gasteiger partial charge in [-0.05, 0) is 25.5 Å². The van der Waals surface area contributed by atoms with Crippen LogP contribution in [0.5, 0.6) is 5.88 Å². The number of halogens is 3. The molecule has 1 aliphatic heterocycles. The Kier molecular flexibility index (Phi) is 6.42. The highest BCUT2D eigenvalue weighted by molar-refractivity contribution is 5.78. The van der Waals surface area contributed by atoms with E-state index in [2.05, 4.69) is 30.7 Å². The molecule has 27 heavy (non-hydrogen) atoms. The Bertz CT molecular complexity index is 736. The van der Waals surface area contributed by atoms with Gasteiger partial charge in [-0.2, -0.15) is 13.2 Å². The third-order valence-electron chi connectivity index (χ3n) is 3.68. The van der Waals surface area contributed by atoms with E-state index < -0.39 is 18.4 Å². The lowest BCUT2D eigenvalue weighted by molar-refractivity contribution is -0.154. The molecular formula is C17H22F3N5O2. The Morgan fingerprint density at radius 3 is 2.85 bits per heavy atom. The average Bonchev–Trinajstić information content (AvgIpc) is 2.59. The number of aliphatic imine (C=N–C) groups is 1. The quantitative estimate of drug-likeness (QED) is 0.671. The molecule has 7 nitrogen and oxygen atoms in total. The summed E-state index contributed by atoms with van der Waals surface area (Å²) in [6, 6.07) is 2.85. The van der Waals surface area contributed by atoms with Gasteiger partial charge in [-0.3, -0.25) is 15.1 Å². The molecule has 2 atom stereocenters. The van der Waals surface area contributed by atoms with Gasteiger partial charge in [-0.15, -0.1) is 0 Å². The van der Waals surface area contributed by atoms with Crippen LogP contribution in [0.1, 0.15) is 38.8 Å². The Morgan fingerprint density at radius 2 is 2.19 bits per heavy atom. The zero-order valence-corrected chi connectivity index (χ0v) is 15.2. The zero-order valence-electron chi connectivity index (χ0n) is 15.2. The molecule has 1 amide bonds. The van der Waals surface area contributed by atoms with Gasteiger partial charge in [0.1, 0.15) is 11.5 Å². The van der Waals surface area contributed by atoms with Crippen molar-refractivity contribution in [3.05, 3.63) is 35.9 Å². The molecule has 0 aromatic carbocycles. The second-order valence-electron chi connectivity index (χ2n) is 6.25. The van der Waals surface area contributed by atoms with Gasteiger partial charge in [-0.1, -0.05) is 6.92 Å². The van der Waals surface area contributed by atoms with E-state index in [0.29, 0.717) is 17.8 Å². The first kappa shape index (κ1) is 20.7. The van der Waals surface area contributed by atoms with Crippen LogP contribution < -0.4 is 20.7 Å². The zero-order chi connectivity index (χ0) is 20.1. The van der Waals surface area contributed by atoms with Crippen molar-refractivity contribution in [2.75, 3.05) is 6.61 Å². The van der Waals surface area contributed by atoms with E-state index in [1.807, 2.05) is 13.8 Å². The number of alkyl halides is 3. The molecule has 0 aliphatic carbocycles. The standard InChI is InChI=1S/C17H22F3N5O2/c1-4-14(26)23-13-8-21-9-16(3,25-13)24-11(2)12-5-6-22-15(7-12)27-10-17(18,19)20/h5-9,11,24-25H,4,10H2,1-3H3,(H,23,26).